The Hall–Kier alpha value is -0.610. The lowest BCUT2D eigenvalue weighted by molar-refractivity contribution is -0.154. The van der Waals surface area contributed by atoms with Crippen molar-refractivity contribution in [2.45, 2.75) is 63.8 Å². The molecule has 0 spiro atoms. The highest BCUT2D eigenvalue weighted by atomic mass is 16.5. The predicted molar refractivity (Wildman–Crippen MR) is 64.3 cm³/mol. The molecule has 0 aromatic rings. The highest BCUT2D eigenvalue weighted by Gasteiger charge is 2.52. The van der Waals surface area contributed by atoms with Crippen molar-refractivity contribution in [1.82, 2.24) is 4.90 Å². The molecule has 0 aromatic heterocycles. The molecule has 2 rings (SSSR count). The zero-order valence-corrected chi connectivity index (χ0v) is 11.0. The fraction of sp³-hybridized carbons (Fsp3) is 0.923. The van der Waals surface area contributed by atoms with Crippen molar-refractivity contribution in [1.29, 1.82) is 0 Å². The Balaban J connectivity index is 2.02. The summed E-state index contributed by atoms with van der Waals surface area (Å²) < 4.78 is 5.57. The molecule has 2 aliphatic rings. The van der Waals surface area contributed by atoms with Crippen molar-refractivity contribution in [3.63, 3.8) is 0 Å². The first kappa shape index (κ1) is 12.8. The van der Waals surface area contributed by atoms with E-state index in [4.69, 9.17) is 4.74 Å². The Morgan fingerprint density at radius 3 is 2.94 bits per heavy atom. The SMILES string of the molecule is CCC(C)C(=O)OC1C[C@]2(O)CCC[C@H]1N2C. The van der Waals surface area contributed by atoms with Gasteiger partial charge in [0.2, 0.25) is 0 Å². The van der Waals surface area contributed by atoms with Gasteiger partial charge in [0, 0.05) is 12.5 Å². The van der Waals surface area contributed by atoms with Gasteiger partial charge in [-0.3, -0.25) is 9.69 Å². The van der Waals surface area contributed by atoms with E-state index >= 15 is 0 Å². The summed E-state index contributed by atoms with van der Waals surface area (Å²) in [5, 5.41) is 10.4. The van der Waals surface area contributed by atoms with Gasteiger partial charge >= 0.3 is 5.97 Å². The number of nitrogens with zero attached hydrogens (tertiary/aromatic N) is 1. The number of carbonyl (C=O) groups is 1. The highest BCUT2D eigenvalue weighted by molar-refractivity contribution is 5.72. The minimum absolute atomic E-state index is 0.0459. The molecule has 2 heterocycles. The van der Waals surface area contributed by atoms with E-state index in [1.807, 2.05) is 25.8 Å². The second-order valence-corrected chi connectivity index (χ2v) is 5.54. The number of fused-ring (bicyclic) bond motifs is 2. The quantitative estimate of drug-likeness (QED) is 0.761. The molecule has 2 fully saturated rings. The van der Waals surface area contributed by atoms with Crippen molar-refractivity contribution in [3.8, 4) is 0 Å². The first-order chi connectivity index (χ1) is 7.98. The molecule has 2 unspecified atom stereocenters. The van der Waals surface area contributed by atoms with Crippen LogP contribution in [-0.2, 0) is 9.53 Å². The first-order valence-electron chi connectivity index (χ1n) is 6.63. The summed E-state index contributed by atoms with van der Waals surface area (Å²) >= 11 is 0. The van der Waals surface area contributed by atoms with Crippen molar-refractivity contribution in [2.75, 3.05) is 7.05 Å². The van der Waals surface area contributed by atoms with Crippen LogP contribution in [0.15, 0.2) is 0 Å². The van der Waals surface area contributed by atoms with E-state index in [-0.39, 0.29) is 24.0 Å². The molecule has 0 radical (unpaired) electrons. The molecule has 0 saturated carbocycles. The van der Waals surface area contributed by atoms with Crippen molar-refractivity contribution < 1.29 is 14.6 Å². The number of ether oxygens (including phenoxy) is 1. The van der Waals surface area contributed by atoms with Crippen molar-refractivity contribution in [3.05, 3.63) is 0 Å². The number of esters is 1. The van der Waals surface area contributed by atoms with E-state index in [1.165, 1.54) is 0 Å². The van der Waals surface area contributed by atoms with E-state index in [2.05, 4.69) is 0 Å². The molecule has 2 saturated heterocycles. The van der Waals surface area contributed by atoms with Crippen molar-refractivity contribution >= 4 is 5.97 Å². The number of rotatable bonds is 3. The summed E-state index contributed by atoms with van der Waals surface area (Å²) in [5.41, 5.74) is -0.747. The molecule has 0 aromatic carbocycles. The van der Waals surface area contributed by atoms with Crippen LogP contribution in [0.25, 0.3) is 0 Å². The predicted octanol–water partition coefficient (Wildman–Crippen LogP) is 1.52. The Morgan fingerprint density at radius 2 is 2.35 bits per heavy atom. The zero-order valence-electron chi connectivity index (χ0n) is 11.0. The number of hydrogen-bond donors (Lipinski definition) is 1. The Morgan fingerprint density at radius 1 is 1.65 bits per heavy atom. The molecule has 4 atom stereocenters. The zero-order chi connectivity index (χ0) is 12.6. The Kier molecular flexibility index (Phi) is 3.46. The van der Waals surface area contributed by atoms with Gasteiger partial charge in [0.15, 0.2) is 0 Å². The van der Waals surface area contributed by atoms with Crippen LogP contribution in [-0.4, -0.2) is 40.9 Å². The van der Waals surface area contributed by atoms with Gasteiger partial charge in [-0.2, -0.15) is 0 Å². The third-order valence-electron chi connectivity index (χ3n) is 4.47. The minimum Gasteiger partial charge on any atom is -0.460 e. The maximum atomic E-state index is 11.8. The number of likely N-dealkylation sites (N-methyl/N-ethyl adjacent to an activating group) is 1. The normalized spacial score (nSPS) is 39.1. The second kappa shape index (κ2) is 4.58. The van der Waals surface area contributed by atoms with E-state index in [1.54, 1.807) is 0 Å². The fourth-order valence-corrected chi connectivity index (χ4v) is 2.96. The molecular formula is C13H23NO3. The first-order valence-corrected chi connectivity index (χ1v) is 6.63. The monoisotopic (exact) mass is 241 g/mol. The van der Waals surface area contributed by atoms with Crippen LogP contribution in [0.3, 0.4) is 0 Å². The Labute approximate surface area is 103 Å². The third kappa shape index (κ3) is 2.20. The minimum atomic E-state index is -0.747. The van der Waals surface area contributed by atoms with E-state index in [9.17, 15) is 9.90 Å². The standard InChI is InChI=1S/C13H23NO3/c1-4-9(2)12(15)17-11-8-13(16)7-5-6-10(11)14(13)3/h9-11,16H,4-8H2,1-3H3/t9?,10-,11?,13-/m1/s1. The third-order valence-corrected chi connectivity index (χ3v) is 4.47. The second-order valence-electron chi connectivity index (χ2n) is 5.54. The van der Waals surface area contributed by atoms with E-state index < -0.39 is 5.72 Å². The lowest BCUT2D eigenvalue weighted by Gasteiger charge is -2.37. The highest BCUT2D eigenvalue weighted by Crippen LogP contribution is 2.42. The maximum Gasteiger partial charge on any atom is 0.308 e. The molecule has 17 heavy (non-hydrogen) atoms. The van der Waals surface area contributed by atoms with Crippen LogP contribution in [0.5, 0.6) is 0 Å². The molecule has 4 heteroatoms. The van der Waals surface area contributed by atoms with E-state index in [0.717, 1.165) is 25.7 Å². The van der Waals surface area contributed by atoms with Crippen LogP contribution < -0.4 is 0 Å². The summed E-state index contributed by atoms with van der Waals surface area (Å²) in [6.45, 7) is 3.88. The average Bonchev–Trinajstić information content (AvgIpc) is 2.46. The van der Waals surface area contributed by atoms with Crippen LogP contribution in [0.1, 0.15) is 46.0 Å². The topological polar surface area (TPSA) is 49.8 Å². The summed E-state index contributed by atoms with van der Waals surface area (Å²) in [4.78, 5) is 13.8. The van der Waals surface area contributed by atoms with Crippen LogP contribution >= 0.6 is 0 Å². The van der Waals surface area contributed by atoms with Gasteiger partial charge in [0.1, 0.15) is 11.8 Å². The maximum absolute atomic E-state index is 11.8. The van der Waals surface area contributed by atoms with Crippen LogP contribution in [0.2, 0.25) is 0 Å². The van der Waals surface area contributed by atoms with Gasteiger partial charge in [0.05, 0.1) is 5.92 Å². The molecule has 0 aliphatic carbocycles. The molecule has 98 valence electrons. The fourth-order valence-electron chi connectivity index (χ4n) is 2.96. The summed E-state index contributed by atoms with van der Waals surface area (Å²) in [7, 11) is 1.93. The van der Waals surface area contributed by atoms with Crippen LogP contribution in [0, 0.1) is 5.92 Å². The number of piperidine rings is 1. The van der Waals surface area contributed by atoms with E-state index in [0.29, 0.717) is 6.42 Å². The summed E-state index contributed by atoms with van der Waals surface area (Å²) in [6.07, 6.45) is 4.05. The molecule has 2 aliphatic heterocycles. The largest absolute Gasteiger partial charge is 0.460 e. The summed E-state index contributed by atoms with van der Waals surface area (Å²) in [6, 6.07) is 0.196. The molecule has 4 nitrogen and oxygen atoms in total. The van der Waals surface area contributed by atoms with Crippen LogP contribution in [0.4, 0.5) is 0 Å². The molecule has 0 amide bonds. The number of aliphatic hydroxyl groups is 1. The van der Waals surface area contributed by atoms with Gasteiger partial charge in [-0.25, -0.2) is 0 Å². The number of carbonyl (C=O) groups excluding carboxylic acids is 1. The molecule has 1 N–H and O–H groups in total. The average molecular weight is 241 g/mol. The van der Waals surface area contributed by atoms with Gasteiger partial charge in [-0.05, 0) is 32.7 Å². The van der Waals surface area contributed by atoms with Gasteiger partial charge in [-0.15, -0.1) is 0 Å². The molecular weight excluding hydrogens is 218 g/mol. The van der Waals surface area contributed by atoms with Gasteiger partial charge < -0.3 is 9.84 Å². The van der Waals surface area contributed by atoms with Gasteiger partial charge in [0.25, 0.3) is 0 Å². The number of hydrogen-bond acceptors (Lipinski definition) is 4. The van der Waals surface area contributed by atoms with Crippen molar-refractivity contribution in [2.24, 2.45) is 5.92 Å². The Bertz CT molecular complexity index is 307. The summed E-state index contributed by atoms with van der Waals surface area (Å²) in [5.74, 6) is -0.169. The smallest absolute Gasteiger partial charge is 0.308 e. The molecule has 2 bridgehead atoms. The lowest BCUT2D eigenvalue weighted by Crippen LogP contribution is -2.48. The van der Waals surface area contributed by atoms with Gasteiger partial charge in [-0.1, -0.05) is 13.8 Å². The lowest BCUT2D eigenvalue weighted by atomic mass is 10.0.